The number of rotatable bonds is 2. The lowest BCUT2D eigenvalue weighted by atomic mass is 9.99. The van der Waals surface area contributed by atoms with Crippen LogP contribution in [-0.4, -0.2) is 24.0 Å². The topological polar surface area (TPSA) is 67.2 Å². The van der Waals surface area contributed by atoms with E-state index in [2.05, 4.69) is 15.6 Å². The largest absolute Gasteiger partial charge is 0.441 e. The molecule has 1 amide bonds. The molecule has 1 aromatic heterocycles. The second-order valence-corrected chi connectivity index (χ2v) is 4.95. The van der Waals surface area contributed by atoms with Crippen LogP contribution in [0.2, 0.25) is 0 Å². The summed E-state index contributed by atoms with van der Waals surface area (Å²) in [5, 5.41) is 6.19. The molecular formula is C14H19Cl2N3O2. The summed E-state index contributed by atoms with van der Waals surface area (Å²) in [5.74, 6) is 0.763. The number of halogens is 2. The first-order chi connectivity index (χ1) is 9.22. The van der Waals surface area contributed by atoms with Gasteiger partial charge in [0.05, 0.1) is 5.92 Å². The highest BCUT2D eigenvalue weighted by atomic mass is 35.5. The van der Waals surface area contributed by atoms with Crippen LogP contribution in [0.25, 0.3) is 11.1 Å². The summed E-state index contributed by atoms with van der Waals surface area (Å²) in [6.07, 6.45) is 2.00. The van der Waals surface area contributed by atoms with E-state index in [0.29, 0.717) is 11.5 Å². The van der Waals surface area contributed by atoms with Gasteiger partial charge in [-0.1, -0.05) is 0 Å². The number of hydrogen-bond donors (Lipinski definition) is 2. The van der Waals surface area contributed by atoms with E-state index in [0.717, 1.165) is 37.1 Å². The number of carbonyl (C=O) groups is 1. The van der Waals surface area contributed by atoms with Gasteiger partial charge in [0.15, 0.2) is 11.5 Å². The predicted octanol–water partition coefficient (Wildman–Crippen LogP) is 2.92. The molecule has 1 fully saturated rings. The maximum Gasteiger partial charge on any atom is 0.228 e. The lowest BCUT2D eigenvalue weighted by Gasteiger charge is -2.21. The predicted molar refractivity (Wildman–Crippen MR) is 87.5 cm³/mol. The number of fused-ring (bicyclic) bond motifs is 1. The van der Waals surface area contributed by atoms with Crippen LogP contribution < -0.4 is 10.6 Å². The molecule has 2 N–H and O–H groups in total. The van der Waals surface area contributed by atoms with Gasteiger partial charge in [-0.3, -0.25) is 4.79 Å². The molecule has 1 saturated heterocycles. The number of amides is 1. The van der Waals surface area contributed by atoms with E-state index in [1.807, 2.05) is 25.1 Å². The number of aromatic nitrogens is 1. The SMILES string of the molecule is Cc1nc2ccc(NC(=O)C3CCCNC3)cc2o1.Cl.Cl. The highest BCUT2D eigenvalue weighted by Crippen LogP contribution is 2.21. The average Bonchev–Trinajstić information content (AvgIpc) is 2.79. The second kappa shape index (κ2) is 7.64. The zero-order valence-corrected chi connectivity index (χ0v) is 13.4. The average molecular weight is 332 g/mol. The maximum absolute atomic E-state index is 12.1. The first kappa shape index (κ1) is 17.8. The van der Waals surface area contributed by atoms with Crippen LogP contribution in [0.3, 0.4) is 0 Å². The summed E-state index contributed by atoms with van der Waals surface area (Å²) in [7, 11) is 0. The Kier molecular flexibility index (Phi) is 6.45. The first-order valence-electron chi connectivity index (χ1n) is 6.61. The molecule has 0 aliphatic carbocycles. The smallest absolute Gasteiger partial charge is 0.228 e. The Morgan fingerprint density at radius 1 is 1.43 bits per heavy atom. The van der Waals surface area contributed by atoms with Crippen molar-refractivity contribution >= 4 is 47.5 Å². The van der Waals surface area contributed by atoms with E-state index in [1.165, 1.54) is 0 Å². The monoisotopic (exact) mass is 331 g/mol. The molecule has 116 valence electrons. The van der Waals surface area contributed by atoms with Crippen molar-refractivity contribution in [3.8, 4) is 0 Å². The quantitative estimate of drug-likeness (QED) is 0.887. The van der Waals surface area contributed by atoms with E-state index in [1.54, 1.807) is 0 Å². The van der Waals surface area contributed by atoms with Crippen molar-refractivity contribution in [1.29, 1.82) is 0 Å². The van der Waals surface area contributed by atoms with Gasteiger partial charge in [-0.25, -0.2) is 4.98 Å². The van der Waals surface area contributed by atoms with Gasteiger partial charge in [-0.15, -0.1) is 24.8 Å². The van der Waals surface area contributed by atoms with Gasteiger partial charge in [0, 0.05) is 25.2 Å². The second-order valence-electron chi connectivity index (χ2n) is 4.95. The van der Waals surface area contributed by atoms with Crippen LogP contribution in [0, 0.1) is 12.8 Å². The summed E-state index contributed by atoms with van der Waals surface area (Å²) < 4.78 is 5.46. The van der Waals surface area contributed by atoms with Crippen molar-refractivity contribution in [2.75, 3.05) is 18.4 Å². The number of carbonyl (C=O) groups excluding carboxylic acids is 1. The zero-order valence-electron chi connectivity index (χ0n) is 11.7. The number of piperidine rings is 1. The van der Waals surface area contributed by atoms with Crippen molar-refractivity contribution in [1.82, 2.24) is 10.3 Å². The molecule has 0 radical (unpaired) electrons. The van der Waals surface area contributed by atoms with Crippen molar-refractivity contribution in [3.63, 3.8) is 0 Å². The molecule has 2 aromatic rings. The summed E-state index contributed by atoms with van der Waals surface area (Å²) in [4.78, 5) is 16.3. The summed E-state index contributed by atoms with van der Waals surface area (Å²) >= 11 is 0. The van der Waals surface area contributed by atoms with Crippen molar-refractivity contribution < 1.29 is 9.21 Å². The van der Waals surface area contributed by atoms with Gasteiger partial charge in [-0.2, -0.15) is 0 Å². The molecule has 1 aliphatic rings. The highest BCUT2D eigenvalue weighted by Gasteiger charge is 2.20. The number of nitrogens with zero attached hydrogens (tertiary/aromatic N) is 1. The normalized spacial score (nSPS) is 17.7. The molecule has 1 unspecified atom stereocenters. The van der Waals surface area contributed by atoms with Crippen molar-refractivity contribution in [2.45, 2.75) is 19.8 Å². The summed E-state index contributed by atoms with van der Waals surface area (Å²) in [6, 6.07) is 5.54. The molecular weight excluding hydrogens is 313 g/mol. The van der Waals surface area contributed by atoms with E-state index in [9.17, 15) is 4.79 Å². The Morgan fingerprint density at radius 2 is 2.24 bits per heavy atom. The minimum Gasteiger partial charge on any atom is -0.441 e. The summed E-state index contributed by atoms with van der Waals surface area (Å²) in [6.45, 7) is 3.58. The number of benzene rings is 1. The van der Waals surface area contributed by atoms with Crippen LogP contribution in [0.1, 0.15) is 18.7 Å². The highest BCUT2D eigenvalue weighted by molar-refractivity contribution is 5.94. The Balaban J connectivity index is 0.00000110. The van der Waals surface area contributed by atoms with Gasteiger partial charge in [-0.05, 0) is 31.5 Å². The Morgan fingerprint density at radius 3 is 2.95 bits per heavy atom. The van der Waals surface area contributed by atoms with Crippen molar-refractivity contribution in [2.24, 2.45) is 5.92 Å². The molecule has 1 aliphatic heterocycles. The minimum absolute atomic E-state index is 0. The van der Waals surface area contributed by atoms with E-state index < -0.39 is 0 Å². The van der Waals surface area contributed by atoms with Gasteiger partial charge in [0.25, 0.3) is 0 Å². The fourth-order valence-corrected chi connectivity index (χ4v) is 2.44. The van der Waals surface area contributed by atoms with Gasteiger partial charge in [0.2, 0.25) is 5.91 Å². The van der Waals surface area contributed by atoms with Crippen molar-refractivity contribution in [3.05, 3.63) is 24.1 Å². The number of oxazole rings is 1. The van der Waals surface area contributed by atoms with Crippen LogP contribution in [0.15, 0.2) is 22.6 Å². The Hall–Kier alpha value is -1.30. The number of nitrogens with one attached hydrogen (secondary N) is 2. The van der Waals surface area contributed by atoms with Crippen LogP contribution in [-0.2, 0) is 4.79 Å². The molecule has 0 saturated carbocycles. The summed E-state index contributed by atoms with van der Waals surface area (Å²) in [5.41, 5.74) is 2.28. The van der Waals surface area contributed by atoms with Gasteiger partial charge >= 0.3 is 0 Å². The fraction of sp³-hybridized carbons (Fsp3) is 0.429. The number of hydrogen-bond acceptors (Lipinski definition) is 4. The minimum atomic E-state index is 0. The molecule has 7 heteroatoms. The van der Waals surface area contributed by atoms with Crippen LogP contribution in [0.4, 0.5) is 5.69 Å². The Labute approximate surface area is 135 Å². The molecule has 21 heavy (non-hydrogen) atoms. The van der Waals surface area contributed by atoms with Gasteiger partial charge in [0.1, 0.15) is 5.52 Å². The molecule has 0 spiro atoms. The molecule has 1 atom stereocenters. The third-order valence-electron chi connectivity index (χ3n) is 3.43. The van der Waals surface area contributed by atoms with E-state index >= 15 is 0 Å². The number of aryl methyl sites for hydroxylation is 1. The third-order valence-corrected chi connectivity index (χ3v) is 3.43. The van der Waals surface area contributed by atoms with Crippen LogP contribution in [0.5, 0.6) is 0 Å². The molecule has 5 nitrogen and oxygen atoms in total. The van der Waals surface area contributed by atoms with Gasteiger partial charge < -0.3 is 15.1 Å². The Bertz CT molecular complexity index is 609. The van der Waals surface area contributed by atoms with E-state index in [-0.39, 0.29) is 36.6 Å². The number of anilines is 1. The lowest BCUT2D eigenvalue weighted by Crippen LogP contribution is -2.37. The lowest BCUT2D eigenvalue weighted by molar-refractivity contribution is -0.120. The maximum atomic E-state index is 12.1. The molecule has 2 heterocycles. The first-order valence-corrected chi connectivity index (χ1v) is 6.61. The standard InChI is InChI=1S/C14H17N3O2.2ClH/c1-9-16-12-5-4-11(7-13(12)19-9)17-14(18)10-3-2-6-15-8-10;;/h4-5,7,10,15H,2-3,6,8H2,1H3,(H,17,18);2*1H. The molecule has 1 aromatic carbocycles. The zero-order chi connectivity index (χ0) is 13.2. The fourth-order valence-electron chi connectivity index (χ4n) is 2.44. The van der Waals surface area contributed by atoms with E-state index in [4.69, 9.17) is 4.42 Å². The molecule has 3 rings (SSSR count). The van der Waals surface area contributed by atoms with Crippen LogP contribution >= 0.6 is 24.8 Å². The third kappa shape index (κ3) is 4.09. The molecule has 0 bridgehead atoms.